The minimum Gasteiger partial charge on any atom is -0.497 e. The third kappa shape index (κ3) is 9.04. The summed E-state index contributed by atoms with van der Waals surface area (Å²) in [4.78, 5) is 40.0. The minimum atomic E-state index is -0.564. The first kappa shape index (κ1) is 32.5. The van der Waals surface area contributed by atoms with Crippen molar-refractivity contribution >= 4 is 46.9 Å². The summed E-state index contributed by atoms with van der Waals surface area (Å²) in [7, 11) is 6.03. The van der Waals surface area contributed by atoms with Crippen LogP contribution >= 0.6 is 11.8 Å². The lowest BCUT2D eigenvalue weighted by molar-refractivity contribution is -0.114. The van der Waals surface area contributed by atoms with Crippen LogP contribution in [0.25, 0.3) is 6.08 Å². The van der Waals surface area contributed by atoms with Gasteiger partial charge in [0.05, 0.1) is 34.2 Å². The van der Waals surface area contributed by atoms with Crippen LogP contribution in [0.1, 0.15) is 15.9 Å². The topological polar surface area (TPSA) is 124 Å². The first-order valence-corrected chi connectivity index (χ1v) is 14.7. The van der Waals surface area contributed by atoms with Gasteiger partial charge in [0.1, 0.15) is 11.4 Å². The second-order valence-corrected chi connectivity index (χ2v) is 10.4. The molecule has 11 heteroatoms. The normalized spacial score (nSPS) is 10.8. The van der Waals surface area contributed by atoms with E-state index in [1.165, 1.54) is 39.2 Å². The van der Waals surface area contributed by atoms with Crippen molar-refractivity contribution in [1.29, 1.82) is 0 Å². The molecule has 0 aromatic heterocycles. The second-order valence-electron chi connectivity index (χ2n) is 9.39. The van der Waals surface area contributed by atoms with E-state index in [1.807, 2.05) is 6.07 Å². The first-order valence-electron chi connectivity index (χ1n) is 13.7. The molecule has 0 atom stereocenters. The van der Waals surface area contributed by atoms with Crippen LogP contribution in [0.5, 0.6) is 23.0 Å². The van der Waals surface area contributed by atoms with Gasteiger partial charge in [-0.15, -0.1) is 11.8 Å². The molecule has 3 amide bonds. The van der Waals surface area contributed by atoms with Gasteiger partial charge in [0, 0.05) is 27.9 Å². The van der Waals surface area contributed by atoms with Gasteiger partial charge >= 0.3 is 0 Å². The number of rotatable bonds is 13. The number of nitrogens with one attached hydrogen (secondary N) is 3. The van der Waals surface area contributed by atoms with Gasteiger partial charge in [-0.05, 0) is 66.2 Å². The molecule has 10 nitrogen and oxygen atoms in total. The van der Waals surface area contributed by atoms with E-state index in [2.05, 4.69) is 16.0 Å². The maximum Gasteiger partial charge on any atom is 0.272 e. The molecule has 0 aliphatic heterocycles. The van der Waals surface area contributed by atoms with Crippen molar-refractivity contribution in [1.82, 2.24) is 5.32 Å². The van der Waals surface area contributed by atoms with E-state index in [0.29, 0.717) is 45.5 Å². The molecule has 4 aromatic rings. The molecular formula is C34H33N3O7S. The zero-order valence-electron chi connectivity index (χ0n) is 25.2. The fourth-order valence-corrected chi connectivity index (χ4v) is 4.96. The Kier molecular flexibility index (Phi) is 11.5. The maximum atomic E-state index is 13.6. The predicted molar refractivity (Wildman–Crippen MR) is 175 cm³/mol. The van der Waals surface area contributed by atoms with Gasteiger partial charge in [-0.25, -0.2) is 0 Å². The minimum absolute atomic E-state index is 0.0196. The summed E-state index contributed by atoms with van der Waals surface area (Å²) in [6.07, 6.45) is 1.52. The van der Waals surface area contributed by atoms with E-state index in [9.17, 15) is 14.4 Å². The Balaban J connectivity index is 1.53. The monoisotopic (exact) mass is 627 g/mol. The molecule has 0 saturated heterocycles. The van der Waals surface area contributed by atoms with E-state index in [4.69, 9.17) is 18.9 Å². The van der Waals surface area contributed by atoms with Crippen molar-refractivity contribution in [3.8, 4) is 23.0 Å². The van der Waals surface area contributed by atoms with Gasteiger partial charge in [0.2, 0.25) is 11.7 Å². The second kappa shape index (κ2) is 15.9. The van der Waals surface area contributed by atoms with Gasteiger partial charge in [0.15, 0.2) is 11.5 Å². The molecule has 0 aliphatic rings. The van der Waals surface area contributed by atoms with Crippen molar-refractivity contribution in [2.75, 3.05) is 44.8 Å². The number of hydrogen-bond donors (Lipinski definition) is 3. The Morgan fingerprint density at radius 1 is 0.711 bits per heavy atom. The van der Waals surface area contributed by atoms with Crippen LogP contribution < -0.4 is 34.9 Å². The highest BCUT2D eigenvalue weighted by Crippen LogP contribution is 2.38. The maximum absolute atomic E-state index is 13.6. The number of anilines is 2. The Morgan fingerprint density at radius 3 is 2.02 bits per heavy atom. The summed E-state index contributed by atoms with van der Waals surface area (Å²) in [5.41, 5.74) is 1.99. The zero-order valence-corrected chi connectivity index (χ0v) is 26.0. The molecule has 3 N–H and O–H groups in total. The highest BCUT2D eigenvalue weighted by atomic mass is 32.2. The van der Waals surface area contributed by atoms with Crippen molar-refractivity contribution in [3.05, 3.63) is 108 Å². The summed E-state index contributed by atoms with van der Waals surface area (Å²) in [5, 5.41) is 8.41. The number of ether oxygens (including phenoxy) is 4. The molecule has 4 aromatic carbocycles. The summed E-state index contributed by atoms with van der Waals surface area (Å²) in [6, 6.07) is 26.1. The van der Waals surface area contributed by atoms with Gasteiger partial charge in [0.25, 0.3) is 11.8 Å². The summed E-state index contributed by atoms with van der Waals surface area (Å²) in [5.74, 6) is 0.734. The summed E-state index contributed by atoms with van der Waals surface area (Å²) < 4.78 is 21.5. The number of hydrogen-bond acceptors (Lipinski definition) is 8. The van der Waals surface area contributed by atoms with Crippen LogP contribution in [0.15, 0.2) is 102 Å². The molecule has 0 saturated carbocycles. The summed E-state index contributed by atoms with van der Waals surface area (Å²) >= 11 is 1.31. The highest BCUT2D eigenvalue weighted by Gasteiger charge is 2.18. The lowest BCUT2D eigenvalue weighted by Gasteiger charge is -2.15. The van der Waals surface area contributed by atoms with Gasteiger partial charge in [-0.3, -0.25) is 14.4 Å². The first-order chi connectivity index (χ1) is 21.8. The van der Waals surface area contributed by atoms with E-state index < -0.39 is 11.8 Å². The van der Waals surface area contributed by atoms with Crippen LogP contribution in [-0.4, -0.2) is 51.9 Å². The largest absolute Gasteiger partial charge is 0.497 e. The lowest BCUT2D eigenvalue weighted by atomic mass is 10.1. The van der Waals surface area contributed by atoms with Crippen molar-refractivity contribution in [3.63, 3.8) is 0 Å². The highest BCUT2D eigenvalue weighted by molar-refractivity contribution is 8.00. The van der Waals surface area contributed by atoms with E-state index >= 15 is 0 Å². The van der Waals surface area contributed by atoms with Crippen molar-refractivity contribution in [2.24, 2.45) is 0 Å². The molecule has 0 unspecified atom stereocenters. The molecule has 0 fully saturated rings. The Labute approximate surface area is 265 Å². The van der Waals surface area contributed by atoms with E-state index in [0.717, 1.165) is 4.90 Å². The molecule has 0 heterocycles. The Hall–Kier alpha value is -5.42. The molecule has 4 rings (SSSR count). The molecule has 45 heavy (non-hydrogen) atoms. The van der Waals surface area contributed by atoms with Gasteiger partial charge < -0.3 is 34.9 Å². The SMILES string of the molecule is COc1cccc(NC(=O)CSc2cccc(NC(=O)/C(=C\c3cc(OC)c(OC)c(OC)c3)NC(=O)c3ccccc3)c2)c1. The molecule has 0 spiro atoms. The van der Waals surface area contributed by atoms with Crippen molar-refractivity contribution in [2.45, 2.75) is 4.90 Å². The van der Waals surface area contributed by atoms with Crippen LogP contribution in [0.3, 0.4) is 0 Å². The quantitative estimate of drug-likeness (QED) is 0.124. The average molecular weight is 628 g/mol. The molecule has 0 aliphatic carbocycles. The number of carbonyl (C=O) groups is 3. The van der Waals surface area contributed by atoms with Crippen LogP contribution in [0.2, 0.25) is 0 Å². The molecule has 0 radical (unpaired) electrons. The van der Waals surface area contributed by atoms with Crippen molar-refractivity contribution < 1.29 is 33.3 Å². The lowest BCUT2D eigenvalue weighted by Crippen LogP contribution is -2.30. The number of methoxy groups -OCH3 is 4. The third-order valence-corrected chi connectivity index (χ3v) is 7.34. The zero-order chi connectivity index (χ0) is 32.2. The number of amides is 3. The van der Waals surface area contributed by atoms with Gasteiger partial charge in [-0.1, -0.05) is 30.3 Å². The van der Waals surface area contributed by atoms with Crippen LogP contribution in [-0.2, 0) is 9.59 Å². The fourth-order valence-electron chi connectivity index (χ4n) is 4.20. The summed E-state index contributed by atoms with van der Waals surface area (Å²) in [6.45, 7) is 0. The van der Waals surface area contributed by atoms with Crippen LogP contribution in [0.4, 0.5) is 11.4 Å². The Bertz CT molecular complexity index is 1670. The standard InChI is InChI=1S/C34H33N3O7S/c1-41-26-14-8-12-24(19-26)35-31(38)21-45-27-15-9-13-25(20-27)36-34(40)28(37-33(39)23-10-6-5-7-11-23)16-22-17-29(42-2)32(44-4)30(18-22)43-3/h5-20H,21H2,1-4H3,(H,35,38)(H,36,40)(H,37,39)/b28-16+. The van der Waals surface area contributed by atoms with Crippen LogP contribution in [0, 0.1) is 0 Å². The number of carbonyl (C=O) groups excluding carboxylic acids is 3. The number of benzene rings is 4. The number of thioether (sulfide) groups is 1. The Morgan fingerprint density at radius 2 is 1.38 bits per heavy atom. The fraction of sp³-hybridized carbons (Fsp3) is 0.147. The van der Waals surface area contributed by atoms with E-state index in [1.54, 1.807) is 92.0 Å². The average Bonchev–Trinajstić information content (AvgIpc) is 3.07. The van der Waals surface area contributed by atoms with E-state index in [-0.39, 0.29) is 17.4 Å². The molecule has 0 bridgehead atoms. The van der Waals surface area contributed by atoms with Gasteiger partial charge in [-0.2, -0.15) is 0 Å². The predicted octanol–water partition coefficient (Wildman–Crippen LogP) is 5.86. The third-order valence-electron chi connectivity index (χ3n) is 6.34. The smallest absolute Gasteiger partial charge is 0.272 e. The molecular weight excluding hydrogens is 594 g/mol. The molecule has 232 valence electrons.